The Morgan fingerprint density at radius 1 is 1.00 bits per heavy atom. The number of rotatable bonds is 8. The molecular formula is C29H25N3O4. The normalized spacial score (nSPS) is 10.9. The van der Waals surface area contributed by atoms with E-state index in [4.69, 9.17) is 9.15 Å². The summed E-state index contributed by atoms with van der Waals surface area (Å²) in [5.41, 5.74) is 5.18. The Kier molecular flexibility index (Phi) is 6.36. The van der Waals surface area contributed by atoms with Crippen molar-refractivity contribution in [1.82, 2.24) is 14.5 Å². The van der Waals surface area contributed by atoms with Crippen molar-refractivity contribution in [1.29, 1.82) is 0 Å². The van der Waals surface area contributed by atoms with Crippen LogP contribution in [0, 0.1) is 13.8 Å². The minimum atomic E-state index is -0.970. The van der Waals surface area contributed by atoms with Crippen LogP contribution < -0.4 is 4.74 Å². The van der Waals surface area contributed by atoms with E-state index >= 15 is 0 Å². The molecule has 5 aromatic rings. The lowest BCUT2D eigenvalue weighted by atomic mass is 10.1. The van der Waals surface area contributed by atoms with E-state index in [2.05, 4.69) is 9.97 Å². The Bertz CT molecular complexity index is 1500. The Balaban J connectivity index is 1.39. The van der Waals surface area contributed by atoms with Gasteiger partial charge in [0.2, 0.25) is 11.8 Å². The number of ether oxygens (including phenoxy) is 1. The third-order valence-corrected chi connectivity index (χ3v) is 5.87. The van der Waals surface area contributed by atoms with Crippen molar-refractivity contribution in [2.45, 2.75) is 27.0 Å². The zero-order chi connectivity index (χ0) is 25.1. The van der Waals surface area contributed by atoms with Crippen LogP contribution in [-0.4, -0.2) is 25.6 Å². The van der Waals surface area contributed by atoms with Gasteiger partial charge in [0.25, 0.3) is 0 Å². The molecule has 5 rings (SSSR count). The van der Waals surface area contributed by atoms with Crippen LogP contribution in [0.2, 0.25) is 0 Å². The van der Waals surface area contributed by atoms with E-state index in [9.17, 15) is 9.90 Å². The molecular weight excluding hydrogens is 454 g/mol. The van der Waals surface area contributed by atoms with Crippen LogP contribution in [0.25, 0.3) is 22.6 Å². The van der Waals surface area contributed by atoms with E-state index in [0.29, 0.717) is 35.3 Å². The van der Waals surface area contributed by atoms with Crippen LogP contribution in [0.15, 0.2) is 89.7 Å². The third kappa shape index (κ3) is 4.90. The SMILES string of the molecule is Cc1cnc(OCc2nc(-c3ccccc3)oc2C)c(Cn2cc(C(=O)O)c(-c3ccccc3)c2)c1. The largest absolute Gasteiger partial charge is 0.478 e. The first-order chi connectivity index (χ1) is 17.5. The number of hydrogen-bond acceptors (Lipinski definition) is 5. The summed E-state index contributed by atoms with van der Waals surface area (Å²) >= 11 is 0. The first kappa shape index (κ1) is 23.1. The highest BCUT2D eigenvalue weighted by Gasteiger charge is 2.17. The summed E-state index contributed by atoms with van der Waals surface area (Å²) in [6, 6.07) is 21.2. The van der Waals surface area contributed by atoms with E-state index in [-0.39, 0.29) is 12.2 Å². The van der Waals surface area contributed by atoms with Gasteiger partial charge in [-0.25, -0.2) is 14.8 Å². The van der Waals surface area contributed by atoms with E-state index in [0.717, 1.165) is 22.3 Å². The van der Waals surface area contributed by atoms with E-state index in [1.54, 1.807) is 12.4 Å². The molecule has 1 N–H and O–H groups in total. The first-order valence-electron chi connectivity index (χ1n) is 11.6. The average molecular weight is 480 g/mol. The monoisotopic (exact) mass is 479 g/mol. The van der Waals surface area contributed by atoms with Crippen molar-refractivity contribution in [3.05, 3.63) is 113 Å². The highest BCUT2D eigenvalue weighted by Crippen LogP contribution is 2.28. The number of hydrogen-bond donors (Lipinski definition) is 1. The van der Waals surface area contributed by atoms with Gasteiger partial charge in [-0.15, -0.1) is 0 Å². The lowest BCUT2D eigenvalue weighted by molar-refractivity contribution is 0.0697. The van der Waals surface area contributed by atoms with Gasteiger partial charge in [0.05, 0.1) is 12.1 Å². The van der Waals surface area contributed by atoms with Crippen LogP contribution in [0.5, 0.6) is 5.88 Å². The summed E-state index contributed by atoms with van der Waals surface area (Å²) in [7, 11) is 0. The molecule has 0 atom stereocenters. The molecule has 0 aliphatic carbocycles. The molecule has 0 unspecified atom stereocenters. The molecule has 0 spiro atoms. The third-order valence-electron chi connectivity index (χ3n) is 5.87. The van der Waals surface area contributed by atoms with E-state index in [1.807, 2.05) is 91.3 Å². The smallest absolute Gasteiger partial charge is 0.337 e. The highest BCUT2D eigenvalue weighted by atomic mass is 16.5. The zero-order valence-corrected chi connectivity index (χ0v) is 20.0. The van der Waals surface area contributed by atoms with Crippen LogP contribution >= 0.6 is 0 Å². The predicted molar refractivity (Wildman–Crippen MR) is 136 cm³/mol. The molecule has 0 radical (unpaired) electrons. The van der Waals surface area contributed by atoms with Crippen molar-refractivity contribution in [3.8, 4) is 28.5 Å². The number of nitrogens with zero attached hydrogens (tertiary/aromatic N) is 3. The van der Waals surface area contributed by atoms with Crippen molar-refractivity contribution in [3.63, 3.8) is 0 Å². The fourth-order valence-corrected chi connectivity index (χ4v) is 4.08. The summed E-state index contributed by atoms with van der Waals surface area (Å²) < 4.78 is 13.8. The Labute approximate surface area is 208 Å². The number of benzene rings is 2. The summed E-state index contributed by atoms with van der Waals surface area (Å²) in [5.74, 6) is 0.732. The van der Waals surface area contributed by atoms with Crippen molar-refractivity contribution >= 4 is 5.97 Å². The maximum absolute atomic E-state index is 11.9. The van der Waals surface area contributed by atoms with Gasteiger partial charge in [0.15, 0.2) is 0 Å². The molecule has 0 fully saturated rings. The lowest BCUT2D eigenvalue weighted by Crippen LogP contribution is -2.06. The van der Waals surface area contributed by atoms with Gasteiger partial charge >= 0.3 is 5.97 Å². The molecule has 0 amide bonds. The summed E-state index contributed by atoms with van der Waals surface area (Å²) in [6.45, 7) is 4.43. The fraction of sp³-hybridized carbons (Fsp3) is 0.138. The molecule has 7 heteroatoms. The molecule has 3 aromatic heterocycles. The molecule has 0 aliphatic heterocycles. The average Bonchev–Trinajstić information content (AvgIpc) is 3.48. The number of oxazole rings is 1. The van der Waals surface area contributed by atoms with Gasteiger partial charge in [-0.3, -0.25) is 0 Å². The van der Waals surface area contributed by atoms with Crippen molar-refractivity contribution < 1.29 is 19.1 Å². The summed E-state index contributed by atoms with van der Waals surface area (Å²) in [6.07, 6.45) is 5.24. The number of carboxylic acids is 1. The number of carbonyl (C=O) groups is 1. The van der Waals surface area contributed by atoms with Crippen molar-refractivity contribution in [2.75, 3.05) is 0 Å². The van der Waals surface area contributed by atoms with Crippen LogP contribution in [0.1, 0.15) is 32.9 Å². The Hall–Kier alpha value is -4.65. The minimum Gasteiger partial charge on any atom is -0.478 e. The summed E-state index contributed by atoms with van der Waals surface area (Å²) in [5, 5.41) is 9.76. The second-order valence-corrected chi connectivity index (χ2v) is 8.58. The maximum atomic E-state index is 11.9. The topological polar surface area (TPSA) is 90.4 Å². The maximum Gasteiger partial charge on any atom is 0.337 e. The van der Waals surface area contributed by atoms with E-state index < -0.39 is 5.97 Å². The van der Waals surface area contributed by atoms with Crippen LogP contribution in [0.3, 0.4) is 0 Å². The van der Waals surface area contributed by atoms with Crippen molar-refractivity contribution in [2.24, 2.45) is 0 Å². The second-order valence-electron chi connectivity index (χ2n) is 8.58. The van der Waals surface area contributed by atoms with E-state index in [1.165, 1.54) is 0 Å². The van der Waals surface area contributed by atoms with Crippen LogP contribution in [-0.2, 0) is 13.2 Å². The molecule has 2 aromatic carbocycles. The summed E-state index contributed by atoms with van der Waals surface area (Å²) in [4.78, 5) is 21.0. The number of carboxylic acid groups (broad SMARTS) is 1. The first-order valence-corrected chi connectivity index (χ1v) is 11.6. The molecule has 180 valence electrons. The molecule has 0 saturated carbocycles. The molecule has 3 heterocycles. The molecule has 7 nitrogen and oxygen atoms in total. The molecule has 0 saturated heterocycles. The molecule has 0 aliphatic rings. The van der Waals surface area contributed by atoms with Gasteiger partial charge in [-0.2, -0.15) is 0 Å². The second kappa shape index (κ2) is 9.92. The number of aryl methyl sites for hydroxylation is 2. The number of aromatic carboxylic acids is 1. The Morgan fingerprint density at radius 3 is 2.39 bits per heavy atom. The van der Waals surface area contributed by atoms with Gasteiger partial charge in [-0.05, 0) is 43.2 Å². The molecule has 0 bridgehead atoms. The van der Waals surface area contributed by atoms with Crippen LogP contribution in [0.4, 0.5) is 0 Å². The lowest BCUT2D eigenvalue weighted by Gasteiger charge is -2.11. The predicted octanol–water partition coefficient (Wildman–Crippen LogP) is 6.15. The number of pyridine rings is 1. The standard InChI is InChI=1S/C29H25N3O4/c1-19-13-23(15-32-16-24(25(17-32)29(33)34)21-9-5-3-6-10-21)27(30-14-19)35-18-26-20(2)36-28(31-26)22-11-7-4-8-12-22/h3-14,16-17H,15,18H2,1-2H3,(H,33,34). The van der Waals surface area contributed by atoms with Gasteiger partial charge < -0.3 is 18.8 Å². The molecule has 36 heavy (non-hydrogen) atoms. The Morgan fingerprint density at radius 2 is 1.69 bits per heavy atom. The van der Waals surface area contributed by atoms with Gasteiger partial charge in [0.1, 0.15) is 18.1 Å². The number of aromatic nitrogens is 3. The quantitative estimate of drug-likeness (QED) is 0.287. The minimum absolute atomic E-state index is 0.201. The van der Waals surface area contributed by atoms with Gasteiger partial charge in [0, 0.05) is 35.3 Å². The fourth-order valence-electron chi connectivity index (χ4n) is 4.08. The van der Waals surface area contributed by atoms with Gasteiger partial charge in [-0.1, -0.05) is 48.5 Å². The highest BCUT2D eigenvalue weighted by molar-refractivity contribution is 5.96. The zero-order valence-electron chi connectivity index (χ0n) is 20.0.